The summed E-state index contributed by atoms with van der Waals surface area (Å²) >= 11 is 0. The van der Waals surface area contributed by atoms with Gasteiger partial charge in [-0.05, 0) is 79.2 Å². The van der Waals surface area contributed by atoms with Crippen LogP contribution in [0.3, 0.4) is 0 Å². The average molecular weight is 709 g/mol. The number of hydrogen-bond donors (Lipinski definition) is 0. The summed E-state index contributed by atoms with van der Waals surface area (Å²) < 4.78 is 9.21. The van der Waals surface area contributed by atoms with Crippen molar-refractivity contribution >= 4 is 49.3 Å². The van der Waals surface area contributed by atoms with Crippen molar-refractivity contribution in [2.75, 3.05) is 0 Å². The lowest BCUT2D eigenvalue weighted by Crippen LogP contribution is -2.08. The summed E-state index contributed by atoms with van der Waals surface area (Å²) in [6.07, 6.45) is 15.5. The highest BCUT2D eigenvalue weighted by Crippen LogP contribution is 2.39. The highest BCUT2D eigenvalue weighted by molar-refractivity contribution is 6.11. The van der Waals surface area contributed by atoms with Crippen molar-refractivity contribution in [3.05, 3.63) is 183 Å². The van der Waals surface area contributed by atoms with E-state index >= 15 is 0 Å². The summed E-state index contributed by atoms with van der Waals surface area (Å²) in [5.74, 6) is 2.30. The van der Waals surface area contributed by atoms with E-state index in [0.717, 1.165) is 57.3 Å². The molecule has 11 rings (SSSR count). The van der Waals surface area contributed by atoms with Crippen LogP contribution in [0.2, 0.25) is 0 Å². The van der Waals surface area contributed by atoms with E-state index in [0.29, 0.717) is 5.92 Å². The van der Waals surface area contributed by atoms with Gasteiger partial charge < -0.3 is 13.7 Å². The van der Waals surface area contributed by atoms with E-state index in [1.165, 1.54) is 38.3 Å². The van der Waals surface area contributed by atoms with E-state index in [4.69, 9.17) is 9.97 Å². The van der Waals surface area contributed by atoms with Gasteiger partial charge in [0.15, 0.2) is 0 Å². The zero-order chi connectivity index (χ0) is 36.5. The molecule has 10 aromatic rings. The zero-order valence-corrected chi connectivity index (χ0v) is 30.3. The number of para-hydroxylation sites is 3. The number of allylic oxidation sites excluding steroid dienone is 4. The van der Waals surface area contributed by atoms with Gasteiger partial charge in [0, 0.05) is 86.1 Å². The quantitative estimate of drug-likeness (QED) is 0.173. The van der Waals surface area contributed by atoms with Gasteiger partial charge in [0.05, 0.1) is 22.1 Å². The Kier molecular flexibility index (Phi) is 7.10. The number of nitrogens with zero attached hydrogens (tertiary/aromatic N) is 6. The Morgan fingerprint density at radius 3 is 1.84 bits per heavy atom. The first-order chi connectivity index (χ1) is 27.2. The molecule has 1 unspecified atom stereocenters. The van der Waals surface area contributed by atoms with Crippen LogP contribution in [0.5, 0.6) is 0 Å². The van der Waals surface area contributed by atoms with Gasteiger partial charge in [-0.1, -0.05) is 91.9 Å². The molecule has 1 aliphatic rings. The zero-order valence-electron chi connectivity index (χ0n) is 30.3. The second-order valence-corrected chi connectivity index (χ2v) is 14.4. The van der Waals surface area contributed by atoms with Gasteiger partial charge >= 0.3 is 0 Å². The lowest BCUT2D eigenvalue weighted by molar-refractivity contribution is 0.715. The molecule has 0 aliphatic heterocycles. The largest absolute Gasteiger partial charge is 0.309 e. The maximum absolute atomic E-state index is 4.86. The highest BCUT2D eigenvalue weighted by atomic mass is 15.1. The van der Waals surface area contributed by atoms with Crippen LogP contribution in [0, 0.1) is 5.92 Å². The summed E-state index contributed by atoms with van der Waals surface area (Å²) in [6, 6.07) is 50.3. The molecule has 1 aliphatic carbocycles. The summed E-state index contributed by atoms with van der Waals surface area (Å²) in [7, 11) is 0. The lowest BCUT2D eigenvalue weighted by Gasteiger charge is -2.20. The average Bonchev–Trinajstić information content (AvgIpc) is 4.05. The Bertz CT molecular complexity index is 3150. The fourth-order valence-corrected chi connectivity index (χ4v) is 8.64. The van der Waals surface area contributed by atoms with Crippen molar-refractivity contribution in [3.63, 3.8) is 0 Å². The van der Waals surface area contributed by atoms with Crippen LogP contribution >= 0.6 is 0 Å². The molecule has 0 spiro atoms. The van der Waals surface area contributed by atoms with Gasteiger partial charge in [0.1, 0.15) is 11.6 Å². The van der Waals surface area contributed by atoms with Gasteiger partial charge in [0.25, 0.3) is 0 Å². The predicted molar refractivity (Wildman–Crippen MR) is 226 cm³/mol. The standard InChI is InChI=1S/C49H36N6/c1-33-12-5-8-19-43(33)53-29-27-51-49(53)34-23-25-46-42(30-34)40-18-7-10-21-45(40)54(46)37-15-11-16-38(32-37)55-44-20-9-6-17-39(44)41-24-22-35(31-47(41)55)48-50-26-28-52(48)36-13-3-2-4-14-36/h2-11,13-33H,12H2,1H3. The Labute approximate surface area is 318 Å². The lowest BCUT2D eigenvalue weighted by atomic mass is 9.98. The van der Waals surface area contributed by atoms with Crippen LogP contribution in [-0.2, 0) is 0 Å². The molecule has 1 atom stereocenters. The number of rotatable bonds is 6. The molecule has 6 heteroatoms. The normalized spacial score (nSPS) is 14.4. The third-order valence-electron chi connectivity index (χ3n) is 11.2. The number of hydrogen-bond acceptors (Lipinski definition) is 2. The summed E-state index contributed by atoms with van der Waals surface area (Å²) in [4.78, 5) is 9.69. The van der Waals surface area contributed by atoms with Gasteiger partial charge in [0.2, 0.25) is 0 Å². The minimum Gasteiger partial charge on any atom is -0.309 e. The second kappa shape index (κ2) is 12.5. The van der Waals surface area contributed by atoms with Crippen LogP contribution in [0.25, 0.3) is 89.1 Å². The van der Waals surface area contributed by atoms with E-state index < -0.39 is 0 Å². The molecule has 0 N–H and O–H groups in total. The summed E-state index contributed by atoms with van der Waals surface area (Å²) in [6.45, 7) is 2.28. The second-order valence-electron chi connectivity index (χ2n) is 14.4. The summed E-state index contributed by atoms with van der Waals surface area (Å²) in [5, 5.41) is 4.85. The molecule has 4 aromatic heterocycles. The smallest absolute Gasteiger partial charge is 0.144 e. The molecule has 0 radical (unpaired) electrons. The van der Waals surface area contributed by atoms with E-state index in [9.17, 15) is 0 Å². The van der Waals surface area contributed by atoms with Crippen molar-refractivity contribution < 1.29 is 0 Å². The Morgan fingerprint density at radius 1 is 0.491 bits per heavy atom. The first-order valence-corrected chi connectivity index (χ1v) is 18.9. The van der Waals surface area contributed by atoms with Gasteiger partial charge in [-0.2, -0.15) is 0 Å². The Hall–Kier alpha value is -7.18. The van der Waals surface area contributed by atoms with Crippen molar-refractivity contribution in [2.24, 2.45) is 5.92 Å². The molecule has 0 amide bonds. The molecular weight excluding hydrogens is 673 g/mol. The molecular formula is C49H36N6. The molecule has 6 aromatic carbocycles. The third kappa shape index (κ3) is 4.95. The van der Waals surface area contributed by atoms with Gasteiger partial charge in [-0.3, -0.25) is 4.57 Å². The first kappa shape index (κ1) is 31.4. The molecule has 0 saturated carbocycles. The van der Waals surface area contributed by atoms with E-state index in [1.807, 2.05) is 24.7 Å². The fourth-order valence-electron chi connectivity index (χ4n) is 8.64. The van der Waals surface area contributed by atoms with E-state index in [2.05, 4.69) is 183 Å². The first-order valence-electron chi connectivity index (χ1n) is 18.9. The molecule has 262 valence electrons. The molecule has 4 heterocycles. The number of fused-ring (bicyclic) bond motifs is 6. The fraction of sp³-hybridized carbons (Fsp3) is 0.0612. The number of aromatic nitrogens is 6. The highest BCUT2D eigenvalue weighted by Gasteiger charge is 2.20. The molecule has 0 saturated heterocycles. The summed E-state index contributed by atoms with van der Waals surface area (Å²) in [5.41, 5.74) is 11.3. The third-order valence-corrected chi connectivity index (χ3v) is 11.2. The van der Waals surface area contributed by atoms with Crippen molar-refractivity contribution in [2.45, 2.75) is 13.3 Å². The maximum atomic E-state index is 4.86. The SMILES string of the molecule is CC1CC=CC=C1n1ccnc1-c1ccc2c(c1)c1ccccc1n2-c1cccc(-n2c3ccccc3c3ccc(-c4nccn4-c4ccccc4)cc32)c1. The molecule has 6 nitrogen and oxygen atoms in total. The van der Waals surface area contributed by atoms with Crippen LogP contribution < -0.4 is 0 Å². The van der Waals surface area contributed by atoms with E-state index in [-0.39, 0.29) is 0 Å². The molecule has 55 heavy (non-hydrogen) atoms. The Balaban J connectivity index is 1.07. The molecule has 0 bridgehead atoms. The Morgan fingerprint density at radius 2 is 1.07 bits per heavy atom. The minimum atomic E-state index is 0.425. The topological polar surface area (TPSA) is 45.5 Å². The van der Waals surface area contributed by atoms with Gasteiger partial charge in [-0.15, -0.1) is 0 Å². The van der Waals surface area contributed by atoms with Crippen molar-refractivity contribution in [1.82, 2.24) is 28.2 Å². The predicted octanol–water partition coefficient (Wildman–Crippen LogP) is 12.0. The van der Waals surface area contributed by atoms with Crippen LogP contribution in [-0.4, -0.2) is 28.2 Å². The molecule has 0 fully saturated rings. The minimum absolute atomic E-state index is 0.425. The van der Waals surface area contributed by atoms with Gasteiger partial charge in [-0.25, -0.2) is 9.97 Å². The number of imidazole rings is 2. The monoisotopic (exact) mass is 708 g/mol. The van der Waals surface area contributed by atoms with Crippen molar-refractivity contribution in [3.8, 4) is 39.8 Å². The van der Waals surface area contributed by atoms with E-state index in [1.54, 1.807) is 0 Å². The van der Waals surface area contributed by atoms with Crippen LogP contribution in [0.4, 0.5) is 0 Å². The van der Waals surface area contributed by atoms with Crippen LogP contribution in [0.15, 0.2) is 183 Å². The number of benzene rings is 6. The van der Waals surface area contributed by atoms with Crippen molar-refractivity contribution in [1.29, 1.82) is 0 Å². The van der Waals surface area contributed by atoms with Crippen LogP contribution in [0.1, 0.15) is 13.3 Å². The maximum Gasteiger partial charge on any atom is 0.144 e.